The molecule has 0 aliphatic carbocycles. The van der Waals surface area contributed by atoms with Crippen LogP contribution in [0.4, 0.5) is 0 Å². The lowest BCUT2D eigenvalue weighted by molar-refractivity contribution is -0.133. The van der Waals surface area contributed by atoms with Crippen molar-refractivity contribution in [3.63, 3.8) is 0 Å². The Labute approximate surface area is 131 Å². The van der Waals surface area contributed by atoms with Crippen molar-refractivity contribution in [3.05, 3.63) is 40.4 Å². The minimum absolute atomic E-state index is 0.0759. The average Bonchev–Trinajstić information content (AvgIpc) is 2.95. The normalized spacial score (nSPS) is 12.0. The summed E-state index contributed by atoms with van der Waals surface area (Å²) in [5.41, 5.74) is -0.732. The monoisotopic (exact) mass is 316 g/mol. The summed E-state index contributed by atoms with van der Waals surface area (Å²) >= 11 is 0. The van der Waals surface area contributed by atoms with Gasteiger partial charge < -0.3 is 18.7 Å². The van der Waals surface area contributed by atoms with Gasteiger partial charge in [-0.1, -0.05) is 0 Å². The third kappa shape index (κ3) is 2.51. The van der Waals surface area contributed by atoms with Crippen LogP contribution in [-0.4, -0.2) is 23.6 Å². The Bertz CT molecular complexity index is 955. The molecule has 0 saturated carbocycles. The molecule has 0 fully saturated rings. The first-order valence-corrected chi connectivity index (χ1v) is 7.08. The van der Waals surface area contributed by atoms with Crippen molar-refractivity contribution in [2.24, 2.45) is 0 Å². The molecule has 2 aromatic heterocycles. The largest absolute Gasteiger partial charge is 0.492 e. The zero-order valence-corrected chi connectivity index (χ0v) is 13.0. The summed E-state index contributed by atoms with van der Waals surface area (Å²) in [6.45, 7) is 2.85. The summed E-state index contributed by atoms with van der Waals surface area (Å²) in [4.78, 5) is 23.8. The number of hydrogen-bond acceptors (Lipinski definition) is 6. The van der Waals surface area contributed by atoms with Crippen molar-refractivity contribution in [1.82, 2.24) is 0 Å². The van der Waals surface area contributed by atoms with E-state index in [-0.39, 0.29) is 12.2 Å². The van der Waals surface area contributed by atoms with Gasteiger partial charge >= 0.3 is 5.63 Å². The Morgan fingerprint density at radius 1 is 1.22 bits per heavy atom. The maximum atomic E-state index is 12.3. The molecule has 0 saturated heterocycles. The fourth-order valence-corrected chi connectivity index (χ4v) is 2.55. The molecule has 0 bridgehead atoms. The zero-order valence-electron chi connectivity index (χ0n) is 13.0. The first kappa shape index (κ1) is 15.3. The van der Waals surface area contributed by atoms with Crippen molar-refractivity contribution in [3.8, 4) is 5.75 Å². The molecule has 3 aromatic rings. The number of benzene rings is 1. The van der Waals surface area contributed by atoms with Crippen LogP contribution in [0, 0.1) is 0 Å². The van der Waals surface area contributed by atoms with E-state index in [1.165, 1.54) is 33.3 Å². The highest BCUT2D eigenvalue weighted by Crippen LogP contribution is 2.38. The molecular weight excluding hydrogens is 300 g/mol. The zero-order chi connectivity index (χ0) is 16.8. The van der Waals surface area contributed by atoms with Crippen molar-refractivity contribution >= 4 is 27.7 Å². The molecule has 6 heteroatoms. The van der Waals surface area contributed by atoms with Crippen LogP contribution < -0.4 is 10.4 Å². The number of fused-ring (bicyclic) bond motifs is 3. The van der Waals surface area contributed by atoms with E-state index in [0.717, 1.165) is 0 Å². The van der Waals surface area contributed by atoms with Crippen molar-refractivity contribution in [1.29, 1.82) is 0 Å². The van der Waals surface area contributed by atoms with E-state index in [4.69, 9.17) is 13.6 Å². The predicted molar refractivity (Wildman–Crippen MR) is 83.8 cm³/mol. The highest BCUT2D eigenvalue weighted by atomic mass is 16.5. The first-order valence-electron chi connectivity index (χ1n) is 7.08. The summed E-state index contributed by atoms with van der Waals surface area (Å²) in [5.74, 6) is 0.0122. The molecule has 120 valence electrons. The molecule has 1 N–H and O–H groups in total. The predicted octanol–water partition coefficient (Wildman–Crippen LogP) is 2.43. The topological polar surface area (TPSA) is 89.9 Å². The van der Waals surface area contributed by atoms with Gasteiger partial charge in [-0.15, -0.1) is 0 Å². The number of ether oxygens (including phenoxy) is 1. The Balaban J connectivity index is 2.37. The van der Waals surface area contributed by atoms with Crippen LogP contribution in [0.1, 0.15) is 19.4 Å². The Morgan fingerprint density at radius 2 is 1.96 bits per heavy atom. The first-order chi connectivity index (χ1) is 10.8. The Hall–Kier alpha value is -2.60. The fraction of sp³-hybridized carbons (Fsp3) is 0.294. The molecular formula is C17H16O6. The van der Waals surface area contributed by atoms with E-state index < -0.39 is 11.2 Å². The van der Waals surface area contributed by atoms with Crippen LogP contribution in [-0.2, 0) is 11.2 Å². The molecule has 0 atom stereocenters. The van der Waals surface area contributed by atoms with Crippen LogP contribution in [0.3, 0.4) is 0 Å². The van der Waals surface area contributed by atoms with Gasteiger partial charge in [0.15, 0.2) is 17.1 Å². The van der Waals surface area contributed by atoms with Gasteiger partial charge in [-0.2, -0.15) is 0 Å². The van der Waals surface area contributed by atoms with Gasteiger partial charge in [0.25, 0.3) is 0 Å². The average molecular weight is 316 g/mol. The van der Waals surface area contributed by atoms with Gasteiger partial charge in [0, 0.05) is 23.4 Å². The van der Waals surface area contributed by atoms with Gasteiger partial charge in [-0.3, -0.25) is 4.79 Å². The number of Topliss-reactive ketones (excluding diaryl/α,β-unsaturated/α-hetero) is 1. The summed E-state index contributed by atoms with van der Waals surface area (Å²) < 4.78 is 16.2. The summed E-state index contributed by atoms with van der Waals surface area (Å²) in [7, 11) is 1.47. The molecule has 0 aliphatic heterocycles. The van der Waals surface area contributed by atoms with Gasteiger partial charge in [0.05, 0.1) is 18.8 Å². The van der Waals surface area contributed by atoms with E-state index in [1.807, 2.05) is 0 Å². The number of carbonyl (C=O) groups is 1. The number of ketones is 1. The third-order valence-corrected chi connectivity index (χ3v) is 3.77. The molecule has 1 aromatic carbocycles. The second-order valence-corrected chi connectivity index (χ2v) is 5.83. The quantitative estimate of drug-likeness (QED) is 0.744. The van der Waals surface area contributed by atoms with Crippen LogP contribution in [0.25, 0.3) is 21.9 Å². The Morgan fingerprint density at radius 3 is 2.61 bits per heavy atom. The van der Waals surface area contributed by atoms with E-state index in [9.17, 15) is 14.7 Å². The second-order valence-electron chi connectivity index (χ2n) is 5.83. The lowest BCUT2D eigenvalue weighted by Crippen LogP contribution is -2.32. The number of rotatable bonds is 4. The van der Waals surface area contributed by atoms with Gasteiger partial charge in [-0.25, -0.2) is 4.79 Å². The number of hydrogen-bond donors (Lipinski definition) is 1. The smallest absolute Gasteiger partial charge is 0.336 e. The molecule has 0 spiro atoms. The molecule has 2 heterocycles. The minimum Gasteiger partial charge on any atom is -0.492 e. The van der Waals surface area contributed by atoms with Crippen LogP contribution in [0.5, 0.6) is 5.75 Å². The van der Waals surface area contributed by atoms with Crippen molar-refractivity contribution < 1.29 is 23.5 Å². The summed E-state index contributed by atoms with van der Waals surface area (Å²) in [6, 6.07) is 4.54. The number of furan rings is 1. The molecule has 0 aliphatic rings. The number of methoxy groups -OCH3 is 1. The maximum Gasteiger partial charge on any atom is 0.336 e. The van der Waals surface area contributed by atoms with Crippen LogP contribution in [0.15, 0.2) is 38.1 Å². The fourth-order valence-electron chi connectivity index (χ4n) is 2.55. The van der Waals surface area contributed by atoms with Crippen LogP contribution >= 0.6 is 0 Å². The molecule has 6 nitrogen and oxygen atoms in total. The lowest BCUT2D eigenvalue weighted by Gasteiger charge is -2.18. The van der Waals surface area contributed by atoms with Crippen molar-refractivity contribution in [2.75, 3.05) is 7.11 Å². The summed E-state index contributed by atoms with van der Waals surface area (Å²) in [5, 5.41) is 11.1. The molecule has 0 radical (unpaired) electrons. The van der Waals surface area contributed by atoms with E-state index >= 15 is 0 Å². The van der Waals surface area contributed by atoms with E-state index in [0.29, 0.717) is 33.3 Å². The van der Waals surface area contributed by atoms with E-state index in [1.54, 1.807) is 12.1 Å². The minimum atomic E-state index is -1.48. The number of aliphatic hydroxyl groups is 1. The highest BCUT2D eigenvalue weighted by molar-refractivity contribution is 6.08. The molecule has 0 amide bonds. The van der Waals surface area contributed by atoms with Crippen molar-refractivity contribution in [2.45, 2.75) is 25.9 Å². The van der Waals surface area contributed by atoms with Gasteiger partial charge in [0.1, 0.15) is 11.2 Å². The second kappa shape index (κ2) is 5.24. The molecule has 3 rings (SSSR count). The number of carbonyl (C=O) groups excluding carboxylic acids is 1. The van der Waals surface area contributed by atoms with Crippen LogP contribution in [0.2, 0.25) is 0 Å². The third-order valence-electron chi connectivity index (χ3n) is 3.77. The lowest BCUT2D eigenvalue weighted by atomic mass is 9.93. The SMILES string of the molecule is COc1c(CC(=O)C(C)(C)O)c2ccc(=O)oc2c2ccoc12. The standard InChI is InChI=1S/C17H16O6/c1-17(2,20)12(18)8-11-9-4-5-13(19)23-14(9)10-6-7-22-16(10)15(11)21-3/h4-7,20H,8H2,1-3H3. The highest BCUT2D eigenvalue weighted by Gasteiger charge is 2.28. The Kier molecular flexibility index (Phi) is 3.49. The molecule has 0 unspecified atom stereocenters. The summed E-state index contributed by atoms with van der Waals surface area (Å²) in [6.07, 6.45) is 1.38. The van der Waals surface area contributed by atoms with E-state index in [2.05, 4.69) is 0 Å². The van der Waals surface area contributed by atoms with Gasteiger partial charge in [-0.05, 0) is 26.0 Å². The maximum absolute atomic E-state index is 12.3. The van der Waals surface area contributed by atoms with Gasteiger partial charge in [0.2, 0.25) is 0 Å². The molecule has 23 heavy (non-hydrogen) atoms.